The number of halogens is 4. The zero-order valence-electron chi connectivity index (χ0n) is 32.7. The van der Waals surface area contributed by atoms with Gasteiger partial charge in [-0.3, -0.25) is 24.0 Å². The van der Waals surface area contributed by atoms with Crippen LogP contribution in [0.5, 0.6) is 11.8 Å². The van der Waals surface area contributed by atoms with Crippen molar-refractivity contribution in [2.75, 3.05) is 20.3 Å². The summed E-state index contributed by atoms with van der Waals surface area (Å²) >= 11 is 0. The molecule has 4 aliphatic rings. The molecule has 1 aromatic heterocycles. The van der Waals surface area contributed by atoms with Crippen molar-refractivity contribution in [2.24, 2.45) is 17.8 Å². The predicted molar refractivity (Wildman–Crippen MR) is 200 cm³/mol. The predicted octanol–water partition coefficient (Wildman–Crippen LogP) is 4.51. The molecule has 0 spiro atoms. The lowest BCUT2D eigenvalue weighted by Crippen LogP contribution is -2.66. The number of aromatic nitrogens is 2. The minimum absolute atomic E-state index is 0.000520. The monoisotopic (exact) mass is 840 g/mol. The topological polar surface area (TPSA) is 197 Å². The number of nitrogens with one attached hydrogen (secondary N) is 2. The van der Waals surface area contributed by atoms with Gasteiger partial charge in [-0.25, -0.2) is 17.6 Å². The maximum Gasteiger partial charge on any atom is 0.411 e. The molecule has 3 heterocycles. The lowest BCUT2D eigenvalue weighted by atomic mass is 9.85. The van der Waals surface area contributed by atoms with Crippen LogP contribution >= 0.6 is 0 Å². The van der Waals surface area contributed by atoms with Crippen LogP contribution in [0.3, 0.4) is 0 Å². The fourth-order valence-corrected chi connectivity index (χ4v) is 9.61. The summed E-state index contributed by atoms with van der Waals surface area (Å²) in [5.41, 5.74) is -4.91. The Bertz CT molecular complexity index is 2100. The molecule has 2 saturated carbocycles. The SMILES string of the molecule is COc1nnc(O[C@@H]2C[C@H]3C(=O)N[C@]4(C(=O)NS(=O)(=O)C5(CF)CC5)C[C@H]4C=CCC[C@@H](C)C[C@@H](C)[C@H](N(C(=O)O)C(C)(C)C(F)(F)F)C(=O)N3C2)c2ccccc12. The van der Waals surface area contributed by atoms with Gasteiger partial charge in [-0.2, -0.15) is 13.2 Å². The maximum absolute atomic E-state index is 15.0. The zero-order chi connectivity index (χ0) is 42.6. The standard InChI is InChI=1S/C38H48F4N6O9S/c1-21-10-6-7-11-23-18-37(23,33(51)46-58(54,55)36(20-39)14-15-36)43-29(49)27-17-24(57-31-26-13-9-8-12-25(26)30(56-5)44-45-31)19-47(27)32(50)28(22(2)16-21)48(34(52)53)35(3,4)38(40,41)42/h7-9,11-13,21-24,27-28H,6,10,14-20H2,1-5H3,(H,43,49)(H,46,51)(H,52,53)/t21-,22-,23-,24-,27+,28+,37-/m1/s1. The minimum atomic E-state index is -5.12. The molecule has 2 aliphatic heterocycles. The number of carbonyl (C=O) groups excluding carboxylic acids is 3. The highest BCUT2D eigenvalue weighted by Crippen LogP contribution is 2.48. The fourth-order valence-electron chi connectivity index (χ4n) is 8.19. The molecule has 3 N–H and O–H groups in total. The Morgan fingerprint density at radius 2 is 1.72 bits per heavy atom. The number of methoxy groups -OCH3 is 1. The van der Waals surface area contributed by atoms with Crippen molar-refractivity contribution in [1.29, 1.82) is 0 Å². The van der Waals surface area contributed by atoms with Crippen LogP contribution in [0.4, 0.5) is 22.4 Å². The number of fused-ring (bicyclic) bond motifs is 3. The van der Waals surface area contributed by atoms with Crippen molar-refractivity contribution in [3.8, 4) is 11.8 Å². The summed E-state index contributed by atoms with van der Waals surface area (Å²) in [6, 6.07) is 3.30. The van der Waals surface area contributed by atoms with Gasteiger partial charge in [-0.1, -0.05) is 38.1 Å². The van der Waals surface area contributed by atoms with Crippen LogP contribution in [0.1, 0.15) is 72.6 Å². The molecule has 0 bridgehead atoms. The van der Waals surface area contributed by atoms with Crippen LogP contribution in [0.2, 0.25) is 0 Å². The van der Waals surface area contributed by atoms with E-state index in [0.717, 1.165) is 4.90 Å². The summed E-state index contributed by atoms with van der Waals surface area (Å²) in [6.07, 6.45) is -4.12. The molecular weight excluding hydrogens is 793 g/mol. The number of hydrogen-bond acceptors (Lipinski definition) is 10. The van der Waals surface area contributed by atoms with Crippen LogP contribution < -0.4 is 19.5 Å². The van der Waals surface area contributed by atoms with Gasteiger partial charge in [0.15, 0.2) is 0 Å². The maximum atomic E-state index is 15.0. The Balaban J connectivity index is 1.42. The summed E-state index contributed by atoms with van der Waals surface area (Å²) in [7, 11) is -3.11. The zero-order valence-corrected chi connectivity index (χ0v) is 33.5. The first-order valence-electron chi connectivity index (χ1n) is 19.1. The molecule has 4 amide bonds. The molecule has 15 nitrogen and oxygen atoms in total. The van der Waals surface area contributed by atoms with E-state index in [2.05, 4.69) is 15.5 Å². The van der Waals surface area contributed by atoms with Gasteiger partial charge >= 0.3 is 12.3 Å². The van der Waals surface area contributed by atoms with E-state index in [9.17, 15) is 50.3 Å². The van der Waals surface area contributed by atoms with Crippen molar-refractivity contribution >= 4 is 44.6 Å². The number of nitrogens with zero attached hydrogens (tertiary/aromatic N) is 4. The second kappa shape index (κ2) is 15.4. The largest absolute Gasteiger partial charge is 0.479 e. The number of ether oxygens (including phenoxy) is 2. The van der Waals surface area contributed by atoms with E-state index in [-0.39, 0.29) is 54.7 Å². The lowest BCUT2D eigenvalue weighted by molar-refractivity contribution is -0.222. The van der Waals surface area contributed by atoms with Crippen molar-refractivity contribution in [3.05, 3.63) is 36.4 Å². The van der Waals surface area contributed by atoms with Gasteiger partial charge in [0.25, 0.3) is 5.91 Å². The highest BCUT2D eigenvalue weighted by atomic mass is 32.2. The molecule has 6 rings (SSSR count). The third-order valence-electron chi connectivity index (χ3n) is 12.1. The number of carbonyl (C=O) groups is 4. The molecule has 1 saturated heterocycles. The molecule has 2 aromatic rings. The number of allylic oxidation sites excluding steroid dienone is 1. The van der Waals surface area contributed by atoms with Crippen molar-refractivity contribution in [1.82, 2.24) is 30.0 Å². The van der Waals surface area contributed by atoms with Gasteiger partial charge in [-0.05, 0) is 76.3 Å². The van der Waals surface area contributed by atoms with E-state index in [0.29, 0.717) is 37.5 Å². The molecule has 7 atom stereocenters. The molecule has 58 heavy (non-hydrogen) atoms. The summed E-state index contributed by atoms with van der Waals surface area (Å²) < 4.78 is 96.0. The van der Waals surface area contributed by atoms with Gasteiger partial charge in [0.05, 0.1) is 24.4 Å². The normalized spacial score (nSPS) is 28.9. The third kappa shape index (κ3) is 7.75. The number of alkyl halides is 4. The number of rotatable bonds is 9. The first kappa shape index (κ1) is 42.8. The Kier molecular flexibility index (Phi) is 11.4. The Hall–Kier alpha value is -4.75. The van der Waals surface area contributed by atoms with Crippen LogP contribution in [-0.2, 0) is 24.4 Å². The van der Waals surface area contributed by atoms with Gasteiger partial charge in [-0.15, -0.1) is 10.2 Å². The highest BCUT2D eigenvalue weighted by molar-refractivity contribution is 7.91. The van der Waals surface area contributed by atoms with Crippen LogP contribution in [-0.4, -0.2) is 118 Å². The van der Waals surface area contributed by atoms with Crippen molar-refractivity contribution in [3.63, 3.8) is 0 Å². The smallest absolute Gasteiger partial charge is 0.411 e. The second-order valence-corrected chi connectivity index (χ2v) is 18.6. The summed E-state index contributed by atoms with van der Waals surface area (Å²) in [6.45, 7) is 2.99. The van der Waals surface area contributed by atoms with Crippen molar-refractivity contribution < 1.29 is 59.7 Å². The van der Waals surface area contributed by atoms with E-state index in [1.54, 1.807) is 36.4 Å². The summed E-state index contributed by atoms with van der Waals surface area (Å²) in [5, 5.41) is 22.2. The van der Waals surface area contributed by atoms with Crippen LogP contribution in [0, 0.1) is 17.8 Å². The Labute approximate surface area is 332 Å². The first-order valence-corrected chi connectivity index (χ1v) is 20.6. The van der Waals surface area contributed by atoms with E-state index in [1.807, 2.05) is 11.6 Å². The molecule has 0 radical (unpaired) electrons. The molecule has 2 aliphatic carbocycles. The molecule has 318 valence electrons. The first-order chi connectivity index (χ1) is 27.1. The third-order valence-corrected chi connectivity index (χ3v) is 14.2. The molecule has 1 aromatic carbocycles. The van der Waals surface area contributed by atoms with E-state index < -0.39 is 99.1 Å². The van der Waals surface area contributed by atoms with E-state index in [4.69, 9.17) is 9.47 Å². The quantitative estimate of drug-likeness (QED) is 0.237. The van der Waals surface area contributed by atoms with E-state index >= 15 is 0 Å². The molecule has 0 unspecified atom stereocenters. The second-order valence-electron chi connectivity index (χ2n) is 16.5. The van der Waals surface area contributed by atoms with Gasteiger partial charge in [0.1, 0.15) is 40.7 Å². The number of hydrogen-bond donors (Lipinski definition) is 3. The van der Waals surface area contributed by atoms with Crippen LogP contribution in [0.25, 0.3) is 10.8 Å². The summed E-state index contributed by atoms with van der Waals surface area (Å²) in [5.74, 6) is -4.93. The highest BCUT2D eigenvalue weighted by Gasteiger charge is 2.64. The number of carboxylic acid groups (broad SMARTS) is 1. The Morgan fingerprint density at radius 1 is 1.09 bits per heavy atom. The molecule has 20 heteroatoms. The lowest BCUT2D eigenvalue weighted by Gasteiger charge is -2.45. The van der Waals surface area contributed by atoms with Gasteiger partial charge < -0.3 is 24.8 Å². The number of amides is 4. The van der Waals surface area contributed by atoms with Crippen molar-refractivity contribution in [2.45, 2.75) is 113 Å². The average Bonchev–Trinajstić information content (AvgIpc) is 4.06. The minimum Gasteiger partial charge on any atom is -0.479 e. The van der Waals surface area contributed by atoms with Gasteiger partial charge in [0.2, 0.25) is 33.6 Å². The fraction of sp³-hybridized carbons (Fsp3) is 0.632. The van der Waals surface area contributed by atoms with Crippen LogP contribution in [0.15, 0.2) is 36.4 Å². The molecule has 3 fully saturated rings. The molecular formula is C38H48F4N6O9S. The number of benzene rings is 1. The number of sulfonamides is 1. The van der Waals surface area contributed by atoms with E-state index in [1.165, 1.54) is 14.0 Å². The van der Waals surface area contributed by atoms with Gasteiger partial charge in [0, 0.05) is 12.3 Å². The summed E-state index contributed by atoms with van der Waals surface area (Å²) in [4.78, 5) is 57.3. The Morgan fingerprint density at radius 3 is 2.31 bits per heavy atom. The average molecular weight is 841 g/mol.